The summed E-state index contributed by atoms with van der Waals surface area (Å²) in [6.45, 7) is 4.42. The zero-order valence-corrected chi connectivity index (χ0v) is 14.0. The van der Waals surface area contributed by atoms with E-state index in [1.165, 1.54) is 0 Å². The van der Waals surface area contributed by atoms with Crippen molar-refractivity contribution in [3.63, 3.8) is 0 Å². The summed E-state index contributed by atoms with van der Waals surface area (Å²) < 4.78 is 27.1. The van der Waals surface area contributed by atoms with Crippen molar-refractivity contribution >= 4 is 27.5 Å². The number of thioether (sulfide) groups is 1. The Morgan fingerprint density at radius 2 is 1.90 bits per heavy atom. The highest BCUT2D eigenvalue weighted by atomic mass is 32.2. The molecule has 2 N–H and O–H groups in total. The second-order valence-corrected chi connectivity index (χ2v) is 7.57. The van der Waals surface area contributed by atoms with Gasteiger partial charge in [0.05, 0.1) is 5.69 Å². The zero-order valence-electron chi connectivity index (χ0n) is 12.3. The van der Waals surface area contributed by atoms with Gasteiger partial charge in [-0.25, -0.2) is 13.1 Å². The smallest absolute Gasteiger partial charge is 0.242 e. The van der Waals surface area contributed by atoms with Crippen LogP contribution < -0.4 is 10.0 Å². The highest BCUT2D eigenvalue weighted by Crippen LogP contribution is 2.21. The molecule has 6 heteroatoms. The van der Waals surface area contributed by atoms with Gasteiger partial charge in [0.2, 0.25) is 10.0 Å². The van der Waals surface area contributed by atoms with Crippen LogP contribution in [0.15, 0.2) is 29.2 Å². The molecule has 0 saturated heterocycles. The van der Waals surface area contributed by atoms with E-state index in [-0.39, 0.29) is 6.04 Å². The van der Waals surface area contributed by atoms with Crippen LogP contribution in [-0.4, -0.2) is 33.0 Å². The SMILES string of the molecule is CSCCCCNc1ccccc1S(=O)(=O)NC(C)C. The van der Waals surface area contributed by atoms with Crippen molar-refractivity contribution in [1.29, 1.82) is 0 Å². The van der Waals surface area contributed by atoms with Crippen LogP contribution in [0.5, 0.6) is 0 Å². The first-order valence-corrected chi connectivity index (χ1v) is 9.69. The molecule has 0 saturated carbocycles. The van der Waals surface area contributed by atoms with Gasteiger partial charge in [-0.05, 0) is 50.8 Å². The molecule has 0 aromatic heterocycles. The molecule has 0 fully saturated rings. The molecule has 114 valence electrons. The number of benzene rings is 1. The molecule has 0 heterocycles. The molecular formula is C14H24N2O2S2. The number of hydrogen-bond donors (Lipinski definition) is 2. The largest absolute Gasteiger partial charge is 0.384 e. The molecule has 20 heavy (non-hydrogen) atoms. The summed E-state index contributed by atoms with van der Waals surface area (Å²) in [6.07, 6.45) is 4.26. The van der Waals surface area contributed by atoms with Gasteiger partial charge in [-0.1, -0.05) is 12.1 Å². The maximum absolute atomic E-state index is 12.2. The molecule has 0 amide bonds. The van der Waals surface area contributed by atoms with Crippen LogP contribution in [0.2, 0.25) is 0 Å². The van der Waals surface area contributed by atoms with E-state index in [1.54, 1.807) is 12.1 Å². The van der Waals surface area contributed by atoms with Gasteiger partial charge >= 0.3 is 0 Å². The van der Waals surface area contributed by atoms with Crippen LogP contribution in [0.25, 0.3) is 0 Å². The summed E-state index contributed by atoms with van der Waals surface area (Å²) in [5.74, 6) is 1.14. The van der Waals surface area contributed by atoms with Gasteiger partial charge in [-0.3, -0.25) is 0 Å². The van der Waals surface area contributed by atoms with E-state index < -0.39 is 10.0 Å². The lowest BCUT2D eigenvalue weighted by Gasteiger charge is -2.14. The first kappa shape index (κ1) is 17.3. The van der Waals surface area contributed by atoms with E-state index in [4.69, 9.17) is 0 Å². The average molecular weight is 316 g/mol. The van der Waals surface area contributed by atoms with E-state index in [1.807, 2.05) is 37.7 Å². The predicted molar refractivity (Wildman–Crippen MR) is 88.0 cm³/mol. The topological polar surface area (TPSA) is 58.2 Å². The lowest BCUT2D eigenvalue weighted by Crippen LogP contribution is -2.30. The molecule has 1 rings (SSSR count). The summed E-state index contributed by atoms with van der Waals surface area (Å²) in [4.78, 5) is 0.318. The van der Waals surface area contributed by atoms with E-state index in [9.17, 15) is 8.42 Å². The number of nitrogens with one attached hydrogen (secondary N) is 2. The minimum Gasteiger partial charge on any atom is -0.384 e. The monoisotopic (exact) mass is 316 g/mol. The van der Waals surface area contributed by atoms with E-state index in [0.717, 1.165) is 25.1 Å². The number of hydrogen-bond acceptors (Lipinski definition) is 4. The Morgan fingerprint density at radius 3 is 2.55 bits per heavy atom. The maximum atomic E-state index is 12.2. The van der Waals surface area contributed by atoms with Crippen LogP contribution in [0.3, 0.4) is 0 Å². The molecular weight excluding hydrogens is 292 g/mol. The average Bonchev–Trinajstić information content (AvgIpc) is 2.37. The Bertz CT molecular complexity index is 502. The molecule has 4 nitrogen and oxygen atoms in total. The highest BCUT2D eigenvalue weighted by Gasteiger charge is 2.18. The fourth-order valence-corrected chi connectivity index (χ4v) is 3.74. The van der Waals surface area contributed by atoms with Crippen LogP contribution >= 0.6 is 11.8 Å². The zero-order chi connectivity index (χ0) is 15.0. The summed E-state index contributed by atoms with van der Waals surface area (Å²) >= 11 is 1.83. The number of para-hydroxylation sites is 1. The van der Waals surface area contributed by atoms with E-state index >= 15 is 0 Å². The summed E-state index contributed by atoms with van der Waals surface area (Å²) in [5.41, 5.74) is 0.671. The standard InChI is InChI=1S/C14H24N2O2S2/c1-12(2)16-20(17,18)14-9-5-4-8-13(14)15-10-6-7-11-19-3/h4-5,8-9,12,15-16H,6-7,10-11H2,1-3H3. The summed E-state index contributed by atoms with van der Waals surface area (Å²) in [5, 5.41) is 3.22. The third-order valence-electron chi connectivity index (χ3n) is 2.66. The molecule has 0 spiro atoms. The maximum Gasteiger partial charge on any atom is 0.242 e. The van der Waals surface area contributed by atoms with Gasteiger partial charge in [0.1, 0.15) is 4.90 Å². The summed E-state index contributed by atoms with van der Waals surface area (Å²) in [7, 11) is -3.45. The van der Waals surface area contributed by atoms with E-state index in [2.05, 4.69) is 16.3 Å². The van der Waals surface area contributed by atoms with Crippen molar-refractivity contribution in [1.82, 2.24) is 4.72 Å². The molecule has 0 aliphatic heterocycles. The highest BCUT2D eigenvalue weighted by molar-refractivity contribution is 7.98. The number of sulfonamides is 1. The first-order valence-electron chi connectivity index (χ1n) is 6.81. The lowest BCUT2D eigenvalue weighted by atomic mass is 10.3. The third kappa shape index (κ3) is 5.73. The number of unbranched alkanes of at least 4 members (excludes halogenated alkanes) is 1. The van der Waals surface area contributed by atoms with Gasteiger partial charge in [-0.15, -0.1) is 0 Å². The molecule has 1 aromatic carbocycles. The fraction of sp³-hybridized carbons (Fsp3) is 0.571. The van der Waals surface area contributed by atoms with Gasteiger partial charge in [0.15, 0.2) is 0 Å². The van der Waals surface area contributed by atoms with Crippen molar-refractivity contribution in [2.24, 2.45) is 0 Å². The minimum atomic E-state index is -3.45. The Balaban J connectivity index is 2.73. The van der Waals surface area contributed by atoms with Crippen LogP contribution in [-0.2, 0) is 10.0 Å². The second-order valence-electron chi connectivity index (χ2n) is 4.90. The van der Waals surface area contributed by atoms with Crippen LogP contribution in [0.1, 0.15) is 26.7 Å². The van der Waals surface area contributed by atoms with Crippen molar-refractivity contribution < 1.29 is 8.42 Å². The molecule has 0 aliphatic carbocycles. The van der Waals surface area contributed by atoms with Gasteiger partial charge in [-0.2, -0.15) is 11.8 Å². The number of anilines is 1. The Labute approximate surface area is 126 Å². The van der Waals surface area contributed by atoms with Gasteiger partial charge in [0.25, 0.3) is 0 Å². The Kier molecular flexibility index (Phi) is 7.40. The molecule has 0 radical (unpaired) electrons. The van der Waals surface area contributed by atoms with E-state index in [0.29, 0.717) is 10.6 Å². The second kappa shape index (κ2) is 8.54. The molecule has 0 bridgehead atoms. The lowest BCUT2D eigenvalue weighted by molar-refractivity contribution is 0.570. The van der Waals surface area contributed by atoms with Gasteiger partial charge < -0.3 is 5.32 Å². The van der Waals surface area contributed by atoms with Gasteiger partial charge in [0, 0.05) is 12.6 Å². The van der Waals surface area contributed by atoms with Crippen molar-refractivity contribution in [2.75, 3.05) is 23.9 Å². The van der Waals surface area contributed by atoms with Crippen molar-refractivity contribution in [3.05, 3.63) is 24.3 Å². The van der Waals surface area contributed by atoms with Crippen LogP contribution in [0, 0.1) is 0 Å². The molecule has 0 aliphatic rings. The Morgan fingerprint density at radius 1 is 1.20 bits per heavy atom. The summed E-state index contributed by atoms with van der Waals surface area (Å²) in [6, 6.07) is 6.92. The predicted octanol–water partition coefficient (Wildman–Crippen LogP) is 2.93. The molecule has 0 atom stereocenters. The normalized spacial score (nSPS) is 11.8. The van der Waals surface area contributed by atoms with Crippen LogP contribution in [0.4, 0.5) is 5.69 Å². The Hall–Kier alpha value is -0.720. The number of rotatable bonds is 9. The fourth-order valence-electron chi connectivity index (χ4n) is 1.82. The molecule has 0 unspecified atom stereocenters. The van der Waals surface area contributed by atoms with Crippen molar-refractivity contribution in [3.8, 4) is 0 Å². The minimum absolute atomic E-state index is 0.116. The third-order valence-corrected chi connectivity index (χ3v) is 5.07. The quantitative estimate of drug-likeness (QED) is 0.688. The first-order chi connectivity index (χ1) is 9.47. The van der Waals surface area contributed by atoms with Crippen molar-refractivity contribution in [2.45, 2.75) is 37.6 Å². The molecule has 1 aromatic rings.